The molecule has 62 heavy (non-hydrogen) atoms. The lowest BCUT2D eigenvalue weighted by molar-refractivity contribution is -0.782. The summed E-state index contributed by atoms with van der Waals surface area (Å²) in [5.74, 6) is 12.0. The van der Waals surface area contributed by atoms with Crippen LogP contribution in [0, 0.1) is 76.9 Å². The SMILES string of the molecule is COC1CC2CCC(=O)C(C(O)CCCCC3CC4CCC(=O)CC4[NH2+]C34CCCCC4)C#CC(CCC(O)CC(C3CC[NH2+]C(N)C3)C3CCC4CCCCC4C3)C2CC1O. The highest BCUT2D eigenvalue weighted by Crippen LogP contribution is 2.49. The molecule has 8 rings (SSSR count). The predicted molar refractivity (Wildman–Crippen MR) is 242 cm³/mol. The lowest BCUT2D eigenvalue weighted by Gasteiger charge is -2.51. The van der Waals surface area contributed by atoms with Crippen molar-refractivity contribution in [2.75, 3.05) is 13.7 Å². The van der Waals surface area contributed by atoms with Crippen LogP contribution in [-0.2, 0) is 14.3 Å². The minimum absolute atomic E-state index is 0.0512. The zero-order chi connectivity index (χ0) is 43.2. The number of hydrogen-bond donors (Lipinski definition) is 6. The molecule has 9 heteroatoms. The van der Waals surface area contributed by atoms with Crippen molar-refractivity contribution in [2.45, 2.75) is 228 Å². The number of ketones is 2. The van der Waals surface area contributed by atoms with Gasteiger partial charge in [-0.15, -0.1) is 0 Å². The quantitative estimate of drug-likeness (QED) is 0.0930. The number of piperidine rings is 2. The Morgan fingerprint density at radius 1 is 0.790 bits per heavy atom. The Morgan fingerprint density at radius 2 is 1.58 bits per heavy atom. The number of unbranched alkanes of at least 4 members (excludes halogenated alkanes) is 1. The summed E-state index contributed by atoms with van der Waals surface area (Å²) in [7, 11) is 1.68. The molecule has 9 N–H and O–H groups in total. The molecule has 0 bridgehead atoms. The van der Waals surface area contributed by atoms with Gasteiger partial charge in [0.05, 0.1) is 49.0 Å². The third-order valence-electron chi connectivity index (χ3n) is 19.4. The molecular weight excluding hydrogens is 775 g/mol. The maximum atomic E-state index is 14.0. The fourth-order valence-corrected chi connectivity index (χ4v) is 16.0. The molecular formula is C53H89N3O6+2. The van der Waals surface area contributed by atoms with Crippen molar-refractivity contribution in [3.8, 4) is 11.8 Å². The predicted octanol–water partition coefficient (Wildman–Crippen LogP) is 5.94. The van der Waals surface area contributed by atoms with Crippen LogP contribution >= 0.6 is 0 Å². The second-order valence-electron chi connectivity index (χ2n) is 23.0. The second-order valence-corrected chi connectivity index (χ2v) is 23.0. The molecule has 2 aliphatic heterocycles. The number of quaternary nitrogens is 2. The Labute approximate surface area is 375 Å². The van der Waals surface area contributed by atoms with Gasteiger partial charge in [-0.25, -0.2) is 0 Å². The Balaban J connectivity index is 0.916. The van der Waals surface area contributed by atoms with Crippen molar-refractivity contribution in [3.63, 3.8) is 0 Å². The Hall–Kier alpha value is -1.38. The van der Waals surface area contributed by atoms with Gasteiger partial charge >= 0.3 is 0 Å². The van der Waals surface area contributed by atoms with Gasteiger partial charge in [0.1, 0.15) is 23.7 Å². The summed E-state index contributed by atoms with van der Waals surface area (Å²) in [5, 5.41) is 40.0. The van der Waals surface area contributed by atoms with E-state index in [-0.39, 0.29) is 41.3 Å². The number of aliphatic hydroxyl groups is 3. The number of aliphatic hydroxyl groups excluding tert-OH is 3. The van der Waals surface area contributed by atoms with Gasteiger partial charge in [-0.05, 0) is 144 Å². The molecule has 9 nitrogen and oxygen atoms in total. The molecule has 0 aromatic heterocycles. The molecule has 350 valence electrons. The number of ether oxygens (including phenoxy) is 1. The van der Waals surface area contributed by atoms with Crippen molar-refractivity contribution in [2.24, 2.45) is 70.8 Å². The van der Waals surface area contributed by atoms with Crippen LogP contribution in [0.2, 0.25) is 0 Å². The molecule has 0 amide bonds. The lowest BCUT2D eigenvalue weighted by atomic mass is 9.61. The highest BCUT2D eigenvalue weighted by atomic mass is 16.5. The molecule has 0 radical (unpaired) electrons. The van der Waals surface area contributed by atoms with Gasteiger partial charge in [-0.3, -0.25) is 15.3 Å². The lowest BCUT2D eigenvalue weighted by Crippen LogP contribution is -3.05. The summed E-state index contributed by atoms with van der Waals surface area (Å²) in [6, 6.07) is 0.475. The number of fused-ring (bicyclic) bond motifs is 3. The standard InChI is InChI=1S/C53H87N3O6/c1-62-51-29-38-18-22-49(60)44(48(59)12-6-5-11-41-28-40-16-20-43(58)32-47(40)56-53(41)24-7-2-8-25-53)21-17-35(46(38)33-50(51)61)15-19-42(57)31-45(39-23-26-55-52(54)30-39)37-14-13-34-9-3-4-10-36(34)27-37/h34-42,44-48,50-52,55-57,59,61H,2-16,18-20,22-33,54H2,1H3/p+2. The normalized spacial score (nSPS) is 41.5. The zero-order valence-electron chi connectivity index (χ0n) is 38.8. The Kier molecular flexibility index (Phi) is 16.7. The number of Topliss-reactive ketones (excluding diaryl/α,β-unsaturated/α-hetero) is 2. The fourth-order valence-electron chi connectivity index (χ4n) is 16.0. The van der Waals surface area contributed by atoms with Crippen molar-refractivity contribution in [1.29, 1.82) is 0 Å². The minimum atomic E-state index is -0.784. The molecule has 0 aromatic rings. The van der Waals surface area contributed by atoms with Crippen LogP contribution in [0.1, 0.15) is 186 Å². The molecule has 8 aliphatic rings. The monoisotopic (exact) mass is 864 g/mol. The molecule has 2 saturated heterocycles. The van der Waals surface area contributed by atoms with Crippen LogP contribution in [0.3, 0.4) is 0 Å². The summed E-state index contributed by atoms with van der Waals surface area (Å²) in [4.78, 5) is 26.4. The van der Waals surface area contributed by atoms with Gasteiger partial charge in [-0.2, -0.15) is 0 Å². The highest BCUT2D eigenvalue weighted by molar-refractivity contribution is 5.84. The van der Waals surface area contributed by atoms with E-state index in [1.165, 1.54) is 89.9 Å². The summed E-state index contributed by atoms with van der Waals surface area (Å²) < 4.78 is 5.76. The molecule has 5 saturated carbocycles. The third-order valence-corrected chi connectivity index (χ3v) is 19.4. The first-order valence-corrected chi connectivity index (χ1v) is 26.7. The molecule has 6 aliphatic carbocycles. The molecule has 2 heterocycles. The molecule has 17 unspecified atom stereocenters. The average Bonchev–Trinajstić information content (AvgIpc) is 3.33. The van der Waals surface area contributed by atoms with Gasteiger partial charge in [0.2, 0.25) is 0 Å². The molecule has 1 spiro atoms. The second kappa shape index (κ2) is 21.9. The van der Waals surface area contributed by atoms with Crippen molar-refractivity contribution in [1.82, 2.24) is 0 Å². The first kappa shape index (κ1) is 47.1. The summed E-state index contributed by atoms with van der Waals surface area (Å²) in [5.41, 5.74) is 6.84. The van der Waals surface area contributed by atoms with E-state index < -0.39 is 24.2 Å². The minimum Gasteiger partial charge on any atom is -0.393 e. The Morgan fingerprint density at radius 3 is 2.39 bits per heavy atom. The van der Waals surface area contributed by atoms with Crippen LogP contribution in [0.4, 0.5) is 0 Å². The van der Waals surface area contributed by atoms with E-state index in [1.54, 1.807) is 7.11 Å². The first-order valence-electron chi connectivity index (χ1n) is 26.7. The number of carbonyl (C=O) groups excluding carboxylic acids is 2. The van der Waals surface area contributed by atoms with Crippen LogP contribution in [-0.4, -0.2) is 82.7 Å². The van der Waals surface area contributed by atoms with Crippen LogP contribution in [0.15, 0.2) is 0 Å². The summed E-state index contributed by atoms with van der Waals surface area (Å²) in [6.45, 7) is 1.08. The summed E-state index contributed by atoms with van der Waals surface area (Å²) in [6.07, 6.45) is 28.6. The van der Waals surface area contributed by atoms with E-state index in [2.05, 4.69) is 22.5 Å². The smallest absolute Gasteiger partial charge is 0.150 e. The topological polar surface area (TPSA) is 163 Å². The van der Waals surface area contributed by atoms with Gasteiger partial charge in [0.25, 0.3) is 0 Å². The molecule has 17 atom stereocenters. The number of carbonyl (C=O) groups is 2. The maximum Gasteiger partial charge on any atom is 0.150 e. The van der Waals surface area contributed by atoms with E-state index in [4.69, 9.17) is 10.5 Å². The fraction of sp³-hybridized carbons (Fsp3) is 0.925. The van der Waals surface area contributed by atoms with E-state index in [1.807, 2.05) is 0 Å². The van der Waals surface area contributed by atoms with E-state index in [0.717, 1.165) is 82.6 Å². The molecule has 0 aromatic carbocycles. The Bertz CT molecular complexity index is 1520. The van der Waals surface area contributed by atoms with Gasteiger partial charge in [-0.1, -0.05) is 56.8 Å². The average molecular weight is 864 g/mol. The van der Waals surface area contributed by atoms with Gasteiger partial charge in [0.15, 0.2) is 0 Å². The van der Waals surface area contributed by atoms with Crippen LogP contribution in [0.5, 0.6) is 0 Å². The number of methoxy groups -OCH3 is 1. The first-order chi connectivity index (χ1) is 30.1. The molecule has 7 fully saturated rings. The third kappa shape index (κ3) is 11.4. The zero-order valence-corrected chi connectivity index (χ0v) is 38.8. The summed E-state index contributed by atoms with van der Waals surface area (Å²) >= 11 is 0. The van der Waals surface area contributed by atoms with Gasteiger partial charge in [0, 0.05) is 57.0 Å². The van der Waals surface area contributed by atoms with Gasteiger partial charge < -0.3 is 30.7 Å². The maximum absolute atomic E-state index is 14.0. The van der Waals surface area contributed by atoms with Crippen molar-refractivity contribution >= 4 is 11.6 Å². The van der Waals surface area contributed by atoms with Crippen LogP contribution < -0.4 is 16.4 Å². The van der Waals surface area contributed by atoms with Crippen molar-refractivity contribution in [3.05, 3.63) is 0 Å². The van der Waals surface area contributed by atoms with E-state index >= 15 is 0 Å². The number of nitrogens with two attached hydrogens (primary N) is 3. The largest absolute Gasteiger partial charge is 0.393 e. The number of hydrogen-bond acceptors (Lipinski definition) is 7. The van der Waals surface area contributed by atoms with Crippen molar-refractivity contribution < 1.29 is 40.3 Å². The number of rotatable bonds is 14. The van der Waals surface area contributed by atoms with E-state index in [0.29, 0.717) is 73.5 Å². The van der Waals surface area contributed by atoms with Crippen LogP contribution in [0.25, 0.3) is 0 Å². The van der Waals surface area contributed by atoms with E-state index in [9.17, 15) is 24.9 Å². The highest BCUT2D eigenvalue weighted by Gasteiger charge is 2.52.